The van der Waals surface area contributed by atoms with Crippen molar-refractivity contribution in [3.63, 3.8) is 0 Å². The molecule has 0 spiro atoms. The lowest BCUT2D eigenvalue weighted by molar-refractivity contribution is -0.125. The van der Waals surface area contributed by atoms with E-state index in [4.69, 9.17) is 9.47 Å². The van der Waals surface area contributed by atoms with E-state index >= 15 is 0 Å². The summed E-state index contributed by atoms with van der Waals surface area (Å²) >= 11 is 0. The maximum absolute atomic E-state index is 11.9. The molecule has 6 heteroatoms. The van der Waals surface area contributed by atoms with Crippen molar-refractivity contribution < 1.29 is 14.3 Å². The lowest BCUT2D eigenvalue weighted by Gasteiger charge is -2.19. The van der Waals surface area contributed by atoms with Gasteiger partial charge in [0.25, 0.3) is 0 Å². The Morgan fingerprint density at radius 2 is 2.16 bits per heavy atom. The summed E-state index contributed by atoms with van der Waals surface area (Å²) in [6.45, 7) is 6.77. The molecule has 1 aromatic rings. The summed E-state index contributed by atoms with van der Waals surface area (Å²) in [5.74, 6) is 1.35. The number of hydrogen-bond donors (Lipinski definition) is 0. The van der Waals surface area contributed by atoms with Crippen LogP contribution in [0, 0.1) is 0 Å². The first-order chi connectivity index (χ1) is 11.9. The normalized spacial score (nSPS) is 14.6. The Kier molecular flexibility index (Phi) is 6.47. The smallest absolute Gasteiger partial charge is 0.248 e. The molecule has 0 saturated carbocycles. The van der Waals surface area contributed by atoms with E-state index in [9.17, 15) is 4.79 Å². The predicted molar refractivity (Wildman–Crippen MR) is 99.7 cm³/mol. The molecule has 1 aliphatic rings. The molecule has 0 N–H and O–H groups in total. The van der Waals surface area contributed by atoms with Crippen molar-refractivity contribution in [3.05, 3.63) is 42.0 Å². The van der Waals surface area contributed by atoms with Gasteiger partial charge in [0, 0.05) is 44.5 Å². The van der Waals surface area contributed by atoms with Crippen LogP contribution in [0.15, 0.2) is 46.4 Å². The van der Waals surface area contributed by atoms with Crippen molar-refractivity contribution in [2.75, 3.05) is 34.4 Å². The Hall–Kier alpha value is -2.47. The highest BCUT2D eigenvalue weighted by molar-refractivity contribution is 6.11. The van der Waals surface area contributed by atoms with Crippen LogP contribution in [0.5, 0.6) is 5.75 Å². The molecule has 1 aromatic carbocycles. The SMILES string of the molecule is C=C(C[C@H](COc1cccc(C2=NCC(C)=N2)c1)OC)C(=O)N(C)C. The molecule has 0 fully saturated rings. The van der Waals surface area contributed by atoms with E-state index in [0.717, 1.165) is 17.1 Å². The number of rotatable bonds is 8. The van der Waals surface area contributed by atoms with Gasteiger partial charge in [-0.05, 0) is 19.1 Å². The van der Waals surface area contributed by atoms with Gasteiger partial charge in [-0.25, -0.2) is 4.99 Å². The van der Waals surface area contributed by atoms with Crippen molar-refractivity contribution in [2.45, 2.75) is 19.4 Å². The summed E-state index contributed by atoms with van der Waals surface area (Å²) in [7, 11) is 5.00. The van der Waals surface area contributed by atoms with Crippen LogP contribution in [0.2, 0.25) is 0 Å². The number of ether oxygens (including phenoxy) is 2. The Bertz CT molecular complexity index is 708. The van der Waals surface area contributed by atoms with E-state index < -0.39 is 0 Å². The Morgan fingerprint density at radius 1 is 1.40 bits per heavy atom. The minimum absolute atomic E-state index is 0.100. The summed E-state index contributed by atoms with van der Waals surface area (Å²) in [4.78, 5) is 22.2. The fraction of sp³-hybridized carbons (Fsp3) is 0.421. The first kappa shape index (κ1) is 18.9. The van der Waals surface area contributed by atoms with Gasteiger partial charge in [-0.3, -0.25) is 9.79 Å². The zero-order valence-corrected chi connectivity index (χ0v) is 15.3. The highest BCUT2D eigenvalue weighted by Gasteiger charge is 2.17. The van der Waals surface area contributed by atoms with Crippen molar-refractivity contribution in [2.24, 2.45) is 9.98 Å². The van der Waals surface area contributed by atoms with Gasteiger partial charge >= 0.3 is 0 Å². The number of amides is 1. The number of carbonyl (C=O) groups is 1. The van der Waals surface area contributed by atoms with Gasteiger partial charge < -0.3 is 14.4 Å². The maximum Gasteiger partial charge on any atom is 0.248 e. The highest BCUT2D eigenvalue weighted by atomic mass is 16.5. The number of aliphatic imine (C=N–C) groups is 2. The monoisotopic (exact) mass is 343 g/mol. The second kappa shape index (κ2) is 8.58. The molecule has 0 saturated heterocycles. The first-order valence-electron chi connectivity index (χ1n) is 8.14. The molecule has 0 aliphatic carbocycles. The molecule has 1 heterocycles. The van der Waals surface area contributed by atoms with E-state index in [-0.39, 0.29) is 12.0 Å². The molecule has 2 rings (SSSR count). The second-order valence-electron chi connectivity index (χ2n) is 6.19. The van der Waals surface area contributed by atoms with Crippen LogP contribution in [0.4, 0.5) is 0 Å². The molecule has 134 valence electrons. The van der Waals surface area contributed by atoms with E-state index in [2.05, 4.69) is 16.6 Å². The standard InChI is InChI=1S/C19H25N3O3/c1-13(19(23)22(3)4)9-17(24-5)12-25-16-8-6-7-15(10-16)18-20-11-14(2)21-18/h6-8,10,17H,1,9,11-12H2,2-5H3/t17-/m1/s1. The predicted octanol–water partition coefficient (Wildman–Crippen LogP) is 2.34. The van der Waals surface area contributed by atoms with Crippen molar-refractivity contribution in [1.29, 1.82) is 0 Å². The number of carbonyl (C=O) groups excluding carboxylic acids is 1. The summed E-state index contributed by atoms with van der Waals surface area (Å²) in [6.07, 6.45) is 0.174. The fourth-order valence-electron chi connectivity index (χ4n) is 2.40. The van der Waals surface area contributed by atoms with Crippen LogP contribution < -0.4 is 4.74 Å². The summed E-state index contributed by atoms with van der Waals surface area (Å²) in [6, 6.07) is 7.65. The van der Waals surface area contributed by atoms with Gasteiger partial charge in [-0.1, -0.05) is 18.7 Å². The van der Waals surface area contributed by atoms with Gasteiger partial charge in [0.05, 0.1) is 12.6 Å². The van der Waals surface area contributed by atoms with Crippen molar-refractivity contribution in [1.82, 2.24) is 4.90 Å². The van der Waals surface area contributed by atoms with Crippen molar-refractivity contribution in [3.8, 4) is 5.75 Å². The number of nitrogens with zero attached hydrogens (tertiary/aromatic N) is 3. The zero-order chi connectivity index (χ0) is 18.4. The molecule has 0 aromatic heterocycles. The Labute approximate surface area is 148 Å². The molecule has 0 bridgehead atoms. The quantitative estimate of drug-likeness (QED) is 0.681. The average Bonchev–Trinajstić information content (AvgIpc) is 3.04. The van der Waals surface area contributed by atoms with Gasteiger partial charge in [0.15, 0.2) is 5.84 Å². The molecular weight excluding hydrogens is 318 g/mol. The minimum atomic E-state index is -0.246. The largest absolute Gasteiger partial charge is 0.491 e. The minimum Gasteiger partial charge on any atom is -0.491 e. The summed E-state index contributed by atoms with van der Waals surface area (Å²) < 4.78 is 11.2. The van der Waals surface area contributed by atoms with Crippen LogP contribution in [-0.2, 0) is 9.53 Å². The number of amidine groups is 1. The summed E-state index contributed by atoms with van der Waals surface area (Å²) in [5, 5.41) is 0. The molecule has 6 nitrogen and oxygen atoms in total. The van der Waals surface area contributed by atoms with Crippen LogP contribution in [0.3, 0.4) is 0 Å². The molecule has 0 radical (unpaired) electrons. The summed E-state index contributed by atoms with van der Waals surface area (Å²) in [5.41, 5.74) is 2.43. The fourth-order valence-corrected chi connectivity index (χ4v) is 2.40. The third-order valence-corrected chi connectivity index (χ3v) is 3.80. The third kappa shape index (κ3) is 5.26. The Morgan fingerprint density at radius 3 is 2.76 bits per heavy atom. The highest BCUT2D eigenvalue weighted by Crippen LogP contribution is 2.18. The van der Waals surface area contributed by atoms with E-state index in [0.29, 0.717) is 30.9 Å². The third-order valence-electron chi connectivity index (χ3n) is 3.80. The molecular formula is C19H25N3O3. The molecule has 1 amide bonds. The van der Waals surface area contributed by atoms with Crippen molar-refractivity contribution >= 4 is 17.5 Å². The zero-order valence-electron chi connectivity index (χ0n) is 15.3. The topological polar surface area (TPSA) is 63.5 Å². The first-order valence-corrected chi connectivity index (χ1v) is 8.14. The van der Waals surface area contributed by atoms with E-state index in [1.807, 2.05) is 31.2 Å². The van der Waals surface area contributed by atoms with Gasteiger partial charge in [0.1, 0.15) is 12.4 Å². The number of benzene rings is 1. The number of hydrogen-bond acceptors (Lipinski definition) is 5. The lowest BCUT2D eigenvalue weighted by atomic mass is 10.1. The van der Waals surface area contributed by atoms with Gasteiger partial charge in [-0.2, -0.15) is 0 Å². The Balaban J connectivity index is 1.95. The molecule has 0 unspecified atom stereocenters. The van der Waals surface area contributed by atoms with Gasteiger partial charge in [-0.15, -0.1) is 0 Å². The van der Waals surface area contributed by atoms with Crippen LogP contribution in [0.25, 0.3) is 0 Å². The number of likely N-dealkylation sites (N-methyl/N-ethyl adjacent to an activating group) is 1. The molecule has 25 heavy (non-hydrogen) atoms. The van der Waals surface area contributed by atoms with Crippen LogP contribution in [-0.4, -0.2) is 62.8 Å². The second-order valence-corrected chi connectivity index (χ2v) is 6.19. The van der Waals surface area contributed by atoms with Crippen LogP contribution >= 0.6 is 0 Å². The maximum atomic E-state index is 11.9. The van der Waals surface area contributed by atoms with Crippen LogP contribution in [0.1, 0.15) is 18.9 Å². The lowest BCUT2D eigenvalue weighted by Crippen LogP contribution is -2.28. The number of methoxy groups -OCH3 is 1. The van der Waals surface area contributed by atoms with E-state index in [1.165, 1.54) is 4.90 Å². The van der Waals surface area contributed by atoms with E-state index in [1.54, 1.807) is 21.2 Å². The average molecular weight is 343 g/mol. The van der Waals surface area contributed by atoms with Gasteiger partial charge in [0.2, 0.25) is 5.91 Å². The molecule has 1 aliphatic heterocycles. The molecule has 1 atom stereocenters.